The van der Waals surface area contributed by atoms with Crippen molar-refractivity contribution in [1.29, 1.82) is 0 Å². The fraction of sp³-hybridized carbons (Fsp3) is 0.200. The molecule has 0 saturated carbocycles. The largest absolute Gasteiger partial charge is 0.497 e. The number of nitrogens with zero attached hydrogens (tertiary/aromatic N) is 3. The molecule has 0 atom stereocenters. The van der Waals surface area contributed by atoms with Crippen LogP contribution >= 0.6 is 0 Å². The van der Waals surface area contributed by atoms with Gasteiger partial charge in [0.05, 0.1) is 19.9 Å². The maximum atomic E-state index is 12.2. The van der Waals surface area contributed by atoms with Crippen LogP contribution in [-0.4, -0.2) is 34.9 Å². The van der Waals surface area contributed by atoms with E-state index >= 15 is 0 Å². The van der Waals surface area contributed by atoms with E-state index < -0.39 is 0 Å². The Morgan fingerprint density at radius 2 is 1.86 bits per heavy atom. The van der Waals surface area contributed by atoms with Crippen LogP contribution in [0.3, 0.4) is 0 Å². The molecule has 0 unspecified atom stereocenters. The second-order valence-corrected chi connectivity index (χ2v) is 5.91. The van der Waals surface area contributed by atoms with Crippen molar-refractivity contribution in [2.24, 2.45) is 0 Å². The van der Waals surface area contributed by atoms with Crippen LogP contribution in [0.4, 0.5) is 0 Å². The Labute approximate surface area is 161 Å². The first-order chi connectivity index (χ1) is 13.6. The molecule has 0 bridgehead atoms. The molecular weight excluding hydrogens is 360 g/mol. The van der Waals surface area contributed by atoms with E-state index in [9.17, 15) is 9.59 Å². The van der Waals surface area contributed by atoms with Gasteiger partial charge in [0.25, 0.3) is 5.56 Å². The zero-order valence-electron chi connectivity index (χ0n) is 15.6. The first kappa shape index (κ1) is 19.1. The molecule has 1 aromatic carbocycles. The summed E-state index contributed by atoms with van der Waals surface area (Å²) in [5.74, 6) is 0.896. The standard InChI is InChI=1S/C20H20N4O4/c1-27-15-3-5-18(28-2)16(11-15)17-4-6-20(26)24(23-17)13-19(25)22-12-14-7-9-21-10-8-14/h3-11H,12-13H2,1-2H3,(H,22,25). The Hall–Kier alpha value is -3.68. The number of methoxy groups -OCH3 is 2. The fourth-order valence-electron chi connectivity index (χ4n) is 2.61. The Bertz CT molecular complexity index is 1020. The third-order valence-corrected chi connectivity index (χ3v) is 4.08. The molecule has 2 heterocycles. The molecule has 1 N–H and O–H groups in total. The zero-order valence-corrected chi connectivity index (χ0v) is 15.6. The Morgan fingerprint density at radius 3 is 2.57 bits per heavy atom. The highest BCUT2D eigenvalue weighted by Gasteiger charge is 2.12. The van der Waals surface area contributed by atoms with E-state index in [-0.39, 0.29) is 18.0 Å². The lowest BCUT2D eigenvalue weighted by Crippen LogP contribution is -2.33. The number of rotatable bonds is 7. The molecule has 0 aliphatic heterocycles. The maximum absolute atomic E-state index is 12.2. The van der Waals surface area contributed by atoms with E-state index in [2.05, 4.69) is 15.4 Å². The molecule has 8 heteroatoms. The minimum Gasteiger partial charge on any atom is -0.497 e. The van der Waals surface area contributed by atoms with Crippen molar-refractivity contribution in [3.63, 3.8) is 0 Å². The summed E-state index contributed by atoms with van der Waals surface area (Å²) in [4.78, 5) is 28.3. The number of aromatic nitrogens is 3. The lowest BCUT2D eigenvalue weighted by atomic mass is 10.1. The Balaban J connectivity index is 1.80. The summed E-state index contributed by atoms with van der Waals surface area (Å²) in [5.41, 5.74) is 1.70. The predicted octanol–water partition coefficient (Wildman–Crippen LogP) is 1.64. The van der Waals surface area contributed by atoms with E-state index in [1.807, 2.05) is 0 Å². The van der Waals surface area contributed by atoms with Crippen LogP contribution in [0.5, 0.6) is 11.5 Å². The molecule has 0 radical (unpaired) electrons. The summed E-state index contributed by atoms with van der Waals surface area (Å²) in [6, 6.07) is 11.9. The SMILES string of the molecule is COc1ccc(OC)c(-c2ccc(=O)n(CC(=O)NCc3ccncc3)n2)c1. The molecule has 0 aliphatic carbocycles. The first-order valence-corrected chi connectivity index (χ1v) is 8.57. The van der Waals surface area contributed by atoms with Crippen LogP contribution in [0.25, 0.3) is 11.3 Å². The van der Waals surface area contributed by atoms with Crippen LogP contribution in [0.15, 0.2) is 59.7 Å². The van der Waals surface area contributed by atoms with Gasteiger partial charge in [-0.2, -0.15) is 5.10 Å². The second kappa shape index (κ2) is 8.81. The summed E-state index contributed by atoms with van der Waals surface area (Å²) in [7, 11) is 3.11. The number of hydrogen-bond donors (Lipinski definition) is 1. The molecule has 8 nitrogen and oxygen atoms in total. The van der Waals surface area contributed by atoms with Crippen molar-refractivity contribution in [2.75, 3.05) is 14.2 Å². The van der Waals surface area contributed by atoms with E-state index in [0.717, 1.165) is 10.2 Å². The lowest BCUT2D eigenvalue weighted by molar-refractivity contribution is -0.122. The van der Waals surface area contributed by atoms with Crippen molar-refractivity contribution in [1.82, 2.24) is 20.1 Å². The van der Waals surface area contributed by atoms with Gasteiger partial charge in [0.1, 0.15) is 18.0 Å². The quantitative estimate of drug-likeness (QED) is 0.670. The maximum Gasteiger partial charge on any atom is 0.267 e. The molecule has 3 rings (SSSR count). The lowest BCUT2D eigenvalue weighted by Gasteiger charge is -2.12. The minimum atomic E-state index is -0.371. The average molecular weight is 380 g/mol. The number of amides is 1. The molecule has 0 saturated heterocycles. The van der Waals surface area contributed by atoms with Gasteiger partial charge in [0.15, 0.2) is 0 Å². The Kier molecular flexibility index (Phi) is 6.01. The molecular formula is C20H20N4O4. The summed E-state index contributed by atoms with van der Waals surface area (Å²) >= 11 is 0. The highest BCUT2D eigenvalue weighted by molar-refractivity contribution is 5.75. The topological polar surface area (TPSA) is 95.3 Å². The normalized spacial score (nSPS) is 10.4. The molecule has 0 spiro atoms. The number of nitrogens with one attached hydrogen (secondary N) is 1. The van der Waals surface area contributed by atoms with Crippen LogP contribution in [0.2, 0.25) is 0 Å². The molecule has 144 valence electrons. The minimum absolute atomic E-state index is 0.190. The van der Waals surface area contributed by atoms with E-state index in [1.165, 1.54) is 6.07 Å². The van der Waals surface area contributed by atoms with Crippen molar-refractivity contribution in [3.8, 4) is 22.8 Å². The van der Waals surface area contributed by atoms with Gasteiger partial charge in [0.2, 0.25) is 5.91 Å². The van der Waals surface area contributed by atoms with Crippen molar-refractivity contribution in [3.05, 3.63) is 70.8 Å². The molecule has 3 aromatic rings. The van der Waals surface area contributed by atoms with Crippen molar-refractivity contribution >= 4 is 5.91 Å². The van der Waals surface area contributed by atoms with Gasteiger partial charge in [-0.15, -0.1) is 0 Å². The van der Waals surface area contributed by atoms with E-state index in [1.54, 1.807) is 63.0 Å². The highest BCUT2D eigenvalue weighted by Crippen LogP contribution is 2.31. The van der Waals surface area contributed by atoms with Crippen LogP contribution < -0.4 is 20.3 Å². The number of benzene rings is 1. The Morgan fingerprint density at radius 1 is 1.07 bits per heavy atom. The summed E-state index contributed by atoms with van der Waals surface area (Å²) in [5, 5.41) is 7.08. The van der Waals surface area contributed by atoms with Gasteiger partial charge < -0.3 is 14.8 Å². The van der Waals surface area contributed by atoms with Gasteiger partial charge in [-0.25, -0.2) is 4.68 Å². The molecule has 0 aliphatic rings. The van der Waals surface area contributed by atoms with Gasteiger partial charge >= 0.3 is 0 Å². The molecule has 2 aromatic heterocycles. The van der Waals surface area contributed by atoms with Crippen molar-refractivity contribution in [2.45, 2.75) is 13.1 Å². The summed E-state index contributed by atoms with van der Waals surface area (Å²) in [6.07, 6.45) is 3.30. The van der Waals surface area contributed by atoms with Crippen LogP contribution in [-0.2, 0) is 17.9 Å². The molecule has 0 fully saturated rings. The number of ether oxygens (including phenoxy) is 2. The van der Waals surface area contributed by atoms with Crippen LogP contribution in [0.1, 0.15) is 5.56 Å². The molecule has 28 heavy (non-hydrogen) atoms. The molecule has 1 amide bonds. The van der Waals surface area contributed by atoms with E-state index in [0.29, 0.717) is 29.3 Å². The van der Waals surface area contributed by atoms with Crippen LogP contribution in [0, 0.1) is 0 Å². The van der Waals surface area contributed by atoms with Gasteiger partial charge in [-0.3, -0.25) is 14.6 Å². The summed E-state index contributed by atoms with van der Waals surface area (Å²) < 4.78 is 11.7. The third-order valence-electron chi connectivity index (χ3n) is 4.08. The van der Waals surface area contributed by atoms with Gasteiger partial charge in [-0.05, 0) is 42.0 Å². The zero-order chi connectivity index (χ0) is 19.9. The highest BCUT2D eigenvalue weighted by atomic mass is 16.5. The van der Waals surface area contributed by atoms with Gasteiger partial charge in [0, 0.05) is 30.6 Å². The van der Waals surface area contributed by atoms with E-state index in [4.69, 9.17) is 9.47 Å². The van der Waals surface area contributed by atoms with Gasteiger partial charge in [-0.1, -0.05) is 0 Å². The fourth-order valence-corrected chi connectivity index (χ4v) is 2.61. The average Bonchev–Trinajstić information content (AvgIpc) is 2.74. The second-order valence-electron chi connectivity index (χ2n) is 5.91. The number of hydrogen-bond acceptors (Lipinski definition) is 6. The third kappa shape index (κ3) is 4.53. The first-order valence-electron chi connectivity index (χ1n) is 8.57. The number of carbonyl (C=O) groups is 1. The smallest absolute Gasteiger partial charge is 0.267 e. The summed E-state index contributed by atoms with van der Waals surface area (Å²) in [6.45, 7) is 0.156. The number of pyridine rings is 1. The number of carbonyl (C=O) groups excluding carboxylic acids is 1. The van der Waals surface area contributed by atoms with Crippen molar-refractivity contribution < 1.29 is 14.3 Å². The monoisotopic (exact) mass is 380 g/mol. The predicted molar refractivity (Wildman–Crippen MR) is 103 cm³/mol.